The number of benzene rings is 1. The molecule has 0 fully saturated rings. The van der Waals surface area contributed by atoms with E-state index in [0.717, 1.165) is 16.0 Å². The van der Waals surface area contributed by atoms with Crippen molar-refractivity contribution in [1.82, 2.24) is 10.1 Å². The maximum Gasteiger partial charge on any atom is 0.425 e. The lowest BCUT2D eigenvalue weighted by Gasteiger charge is -2.28. The zero-order valence-electron chi connectivity index (χ0n) is 20.9. The number of aliphatic hydroxyl groups excluding tert-OH is 1. The highest BCUT2D eigenvalue weighted by atomic mass is 16.6. The van der Waals surface area contributed by atoms with Gasteiger partial charge >= 0.3 is 12.2 Å². The van der Waals surface area contributed by atoms with Crippen LogP contribution in [-0.2, 0) is 22.5 Å². The highest BCUT2D eigenvalue weighted by Gasteiger charge is 2.35. The van der Waals surface area contributed by atoms with Crippen LogP contribution in [0.15, 0.2) is 53.2 Å². The van der Waals surface area contributed by atoms with Crippen molar-refractivity contribution in [3.05, 3.63) is 65.5 Å². The Bertz CT molecular complexity index is 1140. The highest BCUT2D eigenvalue weighted by molar-refractivity contribution is 6.10. The average molecular weight is 482 g/mol. The number of anilines is 1. The fraction of sp³-hybridized carbons (Fsp3) is 0.385. The summed E-state index contributed by atoms with van der Waals surface area (Å²) in [6.07, 6.45) is 0.110. The second kappa shape index (κ2) is 10.3. The number of aliphatic hydroxyl groups is 1. The molecule has 0 bridgehead atoms. The van der Waals surface area contributed by atoms with Crippen molar-refractivity contribution in [3.8, 4) is 11.3 Å². The van der Waals surface area contributed by atoms with E-state index in [1.807, 2.05) is 24.3 Å². The van der Waals surface area contributed by atoms with Crippen LogP contribution < -0.4 is 4.90 Å². The van der Waals surface area contributed by atoms with Gasteiger partial charge in [0.2, 0.25) is 0 Å². The van der Waals surface area contributed by atoms with E-state index < -0.39 is 23.4 Å². The quantitative estimate of drug-likeness (QED) is 0.508. The van der Waals surface area contributed by atoms with E-state index in [-0.39, 0.29) is 12.4 Å². The lowest BCUT2D eigenvalue weighted by Crippen LogP contribution is -2.44. The van der Waals surface area contributed by atoms with E-state index >= 15 is 0 Å². The van der Waals surface area contributed by atoms with Gasteiger partial charge < -0.3 is 19.1 Å². The van der Waals surface area contributed by atoms with E-state index in [9.17, 15) is 14.7 Å². The Morgan fingerprint density at radius 1 is 0.943 bits per heavy atom. The zero-order chi connectivity index (χ0) is 25.8. The minimum Gasteiger partial charge on any atom is -0.443 e. The Kier molecular flexibility index (Phi) is 7.60. The molecule has 0 aliphatic rings. The minimum absolute atomic E-state index is 0.00555. The summed E-state index contributed by atoms with van der Waals surface area (Å²) >= 11 is 0. The molecule has 0 spiro atoms. The monoisotopic (exact) mass is 481 g/mol. The molecule has 0 atom stereocenters. The molecular formula is C26H31N3O6. The summed E-state index contributed by atoms with van der Waals surface area (Å²) in [6.45, 7) is 10.2. The third kappa shape index (κ3) is 7.13. The van der Waals surface area contributed by atoms with Gasteiger partial charge in [-0.1, -0.05) is 29.4 Å². The zero-order valence-corrected chi connectivity index (χ0v) is 20.9. The predicted molar refractivity (Wildman–Crippen MR) is 130 cm³/mol. The van der Waals surface area contributed by atoms with Crippen LogP contribution in [0.3, 0.4) is 0 Å². The van der Waals surface area contributed by atoms with Crippen LogP contribution in [0.2, 0.25) is 0 Å². The molecule has 2 amide bonds. The van der Waals surface area contributed by atoms with Gasteiger partial charge in [-0.25, -0.2) is 14.6 Å². The van der Waals surface area contributed by atoms with Gasteiger partial charge in [-0.3, -0.25) is 0 Å². The molecule has 3 aromatic rings. The Balaban J connectivity index is 1.96. The number of imide groups is 1. The van der Waals surface area contributed by atoms with Crippen molar-refractivity contribution in [2.24, 2.45) is 0 Å². The first kappa shape index (κ1) is 25.9. The van der Waals surface area contributed by atoms with Gasteiger partial charge in [-0.05, 0) is 64.8 Å². The molecule has 9 nitrogen and oxygen atoms in total. The van der Waals surface area contributed by atoms with Gasteiger partial charge in [-0.2, -0.15) is 4.90 Å². The number of carbonyl (C=O) groups is 2. The summed E-state index contributed by atoms with van der Waals surface area (Å²) in [6, 6.07) is 12.6. The predicted octanol–water partition coefficient (Wildman–Crippen LogP) is 5.50. The number of rotatable bonds is 5. The van der Waals surface area contributed by atoms with E-state index in [1.54, 1.807) is 59.7 Å². The van der Waals surface area contributed by atoms with Crippen LogP contribution in [0.25, 0.3) is 11.3 Å². The summed E-state index contributed by atoms with van der Waals surface area (Å²) < 4.78 is 16.5. The molecule has 0 saturated heterocycles. The Hall–Kier alpha value is -3.72. The molecule has 9 heteroatoms. The van der Waals surface area contributed by atoms with Crippen LogP contribution in [0.1, 0.15) is 58.4 Å². The van der Waals surface area contributed by atoms with Gasteiger partial charge in [-0.15, -0.1) is 0 Å². The number of hydrogen-bond acceptors (Lipinski definition) is 8. The van der Waals surface area contributed by atoms with Crippen molar-refractivity contribution in [2.75, 3.05) is 4.90 Å². The molecular weight excluding hydrogens is 450 g/mol. The number of ether oxygens (including phenoxy) is 2. The molecule has 1 aromatic carbocycles. The number of amides is 2. The molecule has 1 N–H and O–H groups in total. The first-order valence-corrected chi connectivity index (χ1v) is 11.2. The van der Waals surface area contributed by atoms with Crippen LogP contribution in [0.4, 0.5) is 15.4 Å². The first-order valence-electron chi connectivity index (χ1n) is 11.2. The standard InChI is InChI=1S/C26H31N3O6/c1-25(2,3)33-23(31)29(24(32)34-26(4,5)6)22-20(8-7-13-27-22)21-15-19(28-35-21)14-17-9-11-18(16-30)12-10-17/h7-13,15,30H,14,16H2,1-6H3. The first-order chi connectivity index (χ1) is 16.4. The normalized spacial score (nSPS) is 11.7. The summed E-state index contributed by atoms with van der Waals surface area (Å²) in [5.41, 5.74) is 1.12. The highest BCUT2D eigenvalue weighted by Crippen LogP contribution is 2.32. The Morgan fingerprint density at radius 3 is 2.06 bits per heavy atom. The second-order valence-corrected chi connectivity index (χ2v) is 10.0. The van der Waals surface area contributed by atoms with E-state index in [1.165, 1.54) is 6.20 Å². The van der Waals surface area contributed by atoms with E-state index in [0.29, 0.717) is 23.4 Å². The van der Waals surface area contributed by atoms with Gasteiger partial charge in [0.15, 0.2) is 11.6 Å². The Labute approximate surface area is 204 Å². The summed E-state index contributed by atoms with van der Waals surface area (Å²) in [7, 11) is 0. The fourth-order valence-corrected chi connectivity index (χ4v) is 3.12. The summed E-state index contributed by atoms with van der Waals surface area (Å²) in [4.78, 5) is 31.2. The SMILES string of the molecule is CC(C)(C)OC(=O)N(C(=O)OC(C)(C)C)c1ncccc1-c1cc(Cc2ccc(CO)cc2)no1. The second-order valence-electron chi connectivity index (χ2n) is 10.0. The molecule has 0 aliphatic heterocycles. The fourth-order valence-electron chi connectivity index (χ4n) is 3.12. The number of hydrogen-bond donors (Lipinski definition) is 1. The largest absolute Gasteiger partial charge is 0.443 e. The Morgan fingerprint density at radius 2 is 1.51 bits per heavy atom. The topological polar surface area (TPSA) is 115 Å². The van der Waals surface area contributed by atoms with Crippen molar-refractivity contribution >= 4 is 18.0 Å². The average Bonchev–Trinajstić information content (AvgIpc) is 3.20. The number of aromatic nitrogens is 2. The third-order valence-electron chi connectivity index (χ3n) is 4.57. The van der Waals surface area contributed by atoms with Gasteiger partial charge in [0, 0.05) is 18.7 Å². The molecule has 186 valence electrons. The van der Waals surface area contributed by atoms with E-state index in [4.69, 9.17) is 14.0 Å². The number of nitrogens with zero attached hydrogens (tertiary/aromatic N) is 3. The molecule has 3 rings (SSSR count). The van der Waals surface area contributed by atoms with Crippen LogP contribution in [0.5, 0.6) is 0 Å². The molecule has 0 unspecified atom stereocenters. The number of carbonyl (C=O) groups excluding carboxylic acids is 2. The van der Waals surface area contributed by atoms with Crippen molar-refractivity contribution in [3.63, 3.8) is 0 Å². The maximum absolute atomic E-state index is 13.1. The van der Waals surface area contributed by atoms with Gasteiger partial charge in [0.1, 0.15) is 11.2 Å². The molecule has 2 heterocycles. The lowest BCUT2D eigenvalue weighted by molar-refractivity contribution is 0.0429. The van der Waals surface area contributed by atoms with Crippen LogP contribution >= 0.6 is 0 Å². The van der Waals surface area contributed by atoms with Crippen LogP contribution in [0, 0.1) is 0 Å². The molecule has 0 aliphatic carbocycles. The van der Waals surface area contributed by atoms with Crippen molar-refractivity contribution < 1.29 is 28.7 Å². The minimum atomic E-state index is -0.921. The number of pyridine rings is 1. The molecule has 0 radical (unpaired) electrons. The molecule has 2 aromatic heterocycles. The lowest BCUT2D eigenvalue weighted by atomic mass is 10.1. The van der Waals surface area contributed by atoms with Gasteiger partial charge in [0.25, 0.3) is 0 Å². The summed E-state index contributed by atoms with van der Waals surface area (Å²) in [5, 5.41) is 13.4. The third-order valence-corrected chi connectivity index (χ3v) is 4.57. The van der Waals surface area contributed by atoms with E-state index in [2.05, 4.69) is 10.1 Å². The summed E-state index contributed by atoms with van der Waals surface area (Å²) in [5.74, 6) is 0.332. The van der Waals surface area contributed by atoms with Crippen molar-refractivity contribution in [1.29, 1.82) is 0 Å². The van der Waals surface area contributed by atoms with Crippen LogP contribution in [-0.4, -0.2) is 38.6 Å². The smallest absolute Gasteiger partial charge is 0.425 e. The van der Waals surface area contributed by atoms with Gasteiger partial charge in [0.05, 0.1) is 17.9 Å². The van der Waals surface area contributed by atoms with Crippen molar-refractivity contribution in [2.45, 2.75) is 65.8 Å². The molecule has 0 saturated carbocycles. The maximum atomic E-state index is 13.1. The molecule has 35 heavy (non-hydrogen) atoms.